The molecular formula is C17H28O5S. The molecule has 0 amide bonds. The molecule has 1 aromatic carbocycles. The van der Waals surface area contributed by atoms with Gasteiger partial charge in [-0.05, 0) is 53.2 Å². The van der Waals surface area contributed by atoms with Crippen LogP contribution < -0.4 is 0 Å². The van der Waals surface area contributed by atoms with E-state index < -0.39 is 15.7 Å². The molecule has 0 atom stereocenters. The lowest BCUT2D eigenvalue weighted by Crippen LogP contribution is -2.34. The summed E-state index contributed by atoms with van der Waals surface area (Å²) < 4.78 is 40.6. The summed E-state index contributed by atoms with van der Waals surface area (Å²) in [7, 11) is -2.12. The average molecular weight is 344 g/mol. The van der Waals surface area contributed by atoms with Crippen LogP contribution >= 0.6 is 0 Å². The average Bonchev–Trinajstić information content (AvgIpc) is 2.45. The third-order valence-corrected chi connectivity index (χ3v) is 4.90. The molecule has 0 unspecified atom stereocenters. The Hall–Kier alpha value is -0.950. The minimum atomic E-state index is -3.77. The monoisotopic (exact) mass is 344 g/mol. The molecule has 0 aliphatic heterocycles. The molecule has 0 radical (unpaired) electrons. The second-order valence-corrected chi connectivity index (χ2v) is 8.47. The van der Waals surface area contributed by atoms with E-state index in [1.54, 1.807) is 45.2 Å². The molecule has 6 heteroatoms. The molecule has 0 heterocycles. The van der Waals surface area contributed by atoms with Crippen molar-refractivity contribution in [3.05, 3.63) is 29.8 Å². The Morgan fingerprint density at radius 3 is 2.09 bits per heavy atom. The maximum Gasteiger partial charge on any atom is 0.297 e. The van der Waals surface area contributed by atoms with Gasteiger partial charge in [0.2, 0.25) is 0 Å². The number of methoxy groups -OCH3 is 1. The van der Waals surface area contributed by atoms with E-state index in [2.05, 4.69) is 0 Å². The van der Waals surface area contributed by atoms with Crippen LogP contribution in [0, 0.1) is 6.92 Å². The molecule has 0 saturated heterocycles. The van der Waals surface area contributed by atoms with Crippen molar-refractivity contribution in [1.82, 2.24) is 0 Å². The predicted octanol–water partition coefficient (Wildman–Crippen LogP) is 3.31. The van der Waals surface area contributed by atoms with E-state index in [1.807, 2.05) is 20.8 Å². The highest BCUT2D eigenvalue weighted by Gasteiger charge is 2.25. The molecule has 0 saturated carbocycles. The van der Waals surface area contributed by atoms with E-state index in [0.717, 1.165) is 5.56 Å². The Labute approximate surface area is 140 Å². The number of hydrogen-bond donors (Lipinski definition) is 0. The predicted molar refractivity (Wildman–Crippen MR) is 90.1 cm³/mol. The molecule has 0 fully saturated rings. The van der Waals surface area contributed by atoms with Gasteiger partial charge in [0.25, 0.3) is 10.1 Å². The zero-order valence-corrected chi connectivity index (χ0v) is 15.7. The van der Waals surface area contributed by atoms with Crippen LogP contribution in [-0.4, -0.2) is 39.9 Å². The Bertz CT molecular complexity index is 588. The summed E-state index contributed by atoms with van der Waals surface area (Å²) in [5.74, 6) is 0. The van der Waals surface area contributed by atoms with Crippen molar-refractivity contribution in [1.29, 1.82) is 0 Å². The normalized spacial score (nSPS) is 13.3. The standard InChI is InChI=1S/C17H28O5S/c1-14-7-9-15(10-8-14)23(18,19)22-13-17(4,5)21-12-11-16(2,3)20-6/h7-10H,11-13H2,1-6H3. The Morgan fingerprint density at radius 2 is 1.57 bits per heavy atom. The fourth-order valence-electron chi connectivity index (χ4n) is 1.71. The minimum Gasteiger partial charge on any atom is -0.379 e. The first-order chi connectivity index (χ1) is 10.5. The third kappa shape index (κ3) is 6.99. The van der Waals surface area contributed by atoms with Gasteiger partial charge in [0.15, 0.2) is 0 Å². The van der Waals surface area contributed by atoms with Crippen molar-refractivity contribution in [2.75, 3.05) is 20.3 Å². The summed E-state index contributed by atoms with van der Waals surface area (Å²) in [4.78, 5) is 0.152. The van der Waals surface area contributed by atoms with E-state index in [-0.39, 0.29) is 17.1 Å². The first-order valence-corrected chi connectivity index (χ1v) is 9.03. The van der Waals surface area contributed by atoms with Gasteiger partial charge in [0.1, 0.15) is 0 Å². The van der Waals surface area contributed by atoms with Crippen molar-refractivity contribution < 1.29 is 22.1 Å². The maximum absolute atomic E-state index is 12.2. The topological polar surface area (TPSA) is 61.8 Å². The molecule has 132 valence electrons. The summed E-state index contributed by atoms with van der Waals surface area (Å²) in [6.45, 7) is 9.87. The van der Waals surface area contributed by atoms with E-state index in [9.17, 15) is 8.42 Å². The molecule has 0 aromatic heterocycles. The molecule has 0 bridgehead atoms. The quantitative estimate of drug-likeness (QED) is 0.643. The Balaban J connectivity index is 2.56. The van der Waals surface area contributed by atoms with Gasteiger partial charge in [0, 0.05) is 7.11 Å². The SMILES string of the molecule is COC(C)(C)CCOC(C)(C)COS(=O)(=O)c1ccc(C)cc1. The second kappa shape index (κ2) is 7.75. The fourth-order valence-corrected chi connectivity index (χ4v) is 2.75. The van der Waals surface area contributed by atoms with Crippen LogP contribution in [0.4, 0.5) is 0 Å². The maximum atomic E-state index is 12.2. The van der Waals surface area contributed by atoms with E-state index in [1.165, 1.54) is 0 Å². The number of benzene rings is 1. The van der Waals surface area contributed by atoms with E-state index in [0.29, 0.717) is 13.0 Å². The van der Waals surface area contributed by atoms with Crippen LogP contribution in [0.1, 0.15) is 39.7 Å². The third-order valence-electron chi connectivity index (χ3n) is 3.62. The summed E-state index contributed by atoms with van der Waals surface area (Å²) >= 11 is 0. The lowest BCUT2D eigenvalue weighted by Gasteiger charge is -2.28. The van der Waals surface area contributed by atoms with E-state index >= 15 is 0 Å². The van der Waals surface area contributed by atoms with Crippen molar-refractivity contribution in [2.45, 2.75) is 57.1 Å². The van der Waals surface area contributed by atoms with Gasteiger partial charge in [-0.1, -0.05) is 17.7 Å². The van der Waals surface area contributed by atoms with Crippen LogP contribution in [0.5, 0.6) is 0 Å². The van der Waals surface area contributed by atoms with Gasteiger partial charge in [-0.15, -0.1) is 0 Å². The summed E-state index contributed by atoms with van der Waals surface area (Å²) in [5.41, 5.74) is 0.0142. The van der Waals surface area contributed by atoms with Crippen molar-refractivity contribution in [2.24, 2.45) is 0 Å². The molecule has 1 aromatic rings. The highest BCUT2D eigenvalue weighted by Crippen LogP contribution is 2.19. The second-order valence-electron chi connectivity index (χ2n) is 6.85. The molecule has 23 heavy (non-hydrogen) atoms. The summed E-state index contributed by atoms with van der Waals surface area (Å²) in [6.07, 6.45) is 0.706. The smallest absolute Gasteiger partial charge is 0.297 e. The first-order valence-electron chi connectivity index (χ1n) is 7.63. The minimum absolute atomic E-state index is 0.0450. The molecule has 0 aliphatic rings. The van der Waals surface area contributed by atoms with Crippen LogP contribution in [0.25, 0.3) is 0 Å². The molecule has 1 rings (SSSR count). The zero-order valence-electron chi connectivity index (χ0n) is 14.9. The largest absolute Gasteiger partial charge is 0.379 e. The molecule has 5 nitrogen and oxygen atoms in total. The van der Waals surface area contributed by atoms with E-state index in [4.69, 9.17) is 13.7 Å². The number of hydrogen-bond acceptors (Lipinski definition) is 5. The summed E-state index contributed by atoms with van der Waals surface area (Å²) in [6, 6.07) is 6.56. The van der Waals surface area contributed by atoms with Crippen molar-refractivity contribution in [3.8, 4) is 0 Å². The Kier molecular flexibility index (Phi) is 6.77. The van der Waals surface area contributed by atoms with Gasteiger partial charge in [-0.2, -0.15) is 8.42 Å². The molecule has 0 aliphatic carbocycles. The van der Waals surface area contributed by atoms with Gasteiger partial charge < -0.3 is 9.47 Å². The molecular weight excluding hydrogens is 316 g/mol. The van der Waals surface area contributed by atoms with Gasteiger partial charge in [-0.3, -0.25) is 4.18 Å². The van der Waals surface area contributed by atoms with Gasteiger partial charge >= 0.3 is 0 Å². The first kappa shape index (κ1) is 20.1. The highest BCUT2D eigenvalue weighted by atomic mass is 32.2. The zero-order chi connectivity index (χ0) is 17.7. The van der Waals surface area contributed by atoms with Crippen LogP contribution in [0.3, 0.4) is 0 Å². The lowest BCUT2D eigenvalue weighted by atomic mass is 10.1. The van der Waals surface area contributed by atoms with Crippen molar-refractivity contribution >= 4 is 10.1 Å². The number of ether oxygens (including phenoxy) is 2. The number of aryl methyl sites for hydroxylation is 1. The van der Waals surface area contributed by atoms with Crippen LogP contribution in [0.15, 0.2) is 29.2 Å². The van der Waals surface area contributed by atoms with Crippen molar-refractivity contribution in [3.63, 3.8) is 0 Å². The number of rotatable bonds is 9. The molecule has 0 spiro atoms. The lowest BCUT2D eigenvalue weighted by molar-refractivity contribution is -0.0737. The molecule has 0 N–H and O–H groups in total. The fraction of sp³-hybridized carbons (Fsp3) is 0.647. The highest BCUT2D eigenvalue weighted by molar-refractivity contribution is 7.86. The summed E-state index contributed by atoms with van der Waals surface area (Å²) in [5, 5.41) is 0. The van der Waals surface area contributed by atoms with Crippen LogP contribution in [-0.2, 0) is 23.8 Å². The van der Waals surface area contributed by atoms with Crippen LogP contribution in [0.2, 0.25) is 0 Å². The van der Waals surface area contributed by atoms with Gasteiger partial charge in [-0.25, -0.2) is 0 Å². The van der Waals surface area contributed by atoms with Gasteiger partial charge in [0.05, 0.1) is 29.3 Å². The Morgan fingerprint density at radius 1 is 1.00 bits per heavy atom.